The number of benzene rings is 1. The summed E-state index contributed by atoms with van der Waals surface area (Å²) >= 11 is 0. The van der Waals surface area contributed by atoms with E-state index >= 15 is 0 Å². The molecule has 2 fully saturated rings. The van der Waals surface area contributed by atoms with Crippen LogP contribution in [-0.4, -0.2) is 48.6 Å². The summed E-state index contributed by atoms with van der Waals surface area (Å²) in [7, 11) is 0. The molecular weight excluding hydrogens is 374 g/mol. The average molecular weight is 406 g/mol. The van der Waals surface area contributed by atoms with E-state index in [1.54, 1.807) is 0 Å². The Morgan fingerprint density at radius 2 is 1.93 bits per heavy atom. The van der Waals surface area contributed by atoms with E-state index in [0.29, 0.717) is 5.92 Å². The molecule has 0 unspecified atom stereocenters. The summed E-state index contributed by atoms with van der Waals surface area (Å²) < 4.78 is 0. The fraction of sp³-hybridized carbons (Fsp3) is 0.542. The third-order valence-corrected chi connectivity index (χ3v) is 6.84. The molecule has 5 rings (SSSR count). The van der Waals surface area contributed by atoms with Crippen molar-refractivity contribution in [3.63, 3.8) is 0 Å². The average Bonchev–Trinajstić information content (AvgIpc) is 3.49. The Bertz CT molecular complexity index is 886. The zero-order valence-electron chi connectivity index (χ0n) is 17.6. The highest BCUT2D eigenvalue weighted by molar-refractivity contribution is 5.79. The second kappa shape index (κ2) is 8.72. The van der Waals surface area contributed by atoms with Crippen LogP contribution in [0.1, 0.15) is 36.9 Å². The number of amides is 1. The maximum atomic E-state index is 12.6. The zero-order chi connectivity index (χ0) is 20.3. The van der Waals surface area contributed by atoms with E-state index in [0.717, 1.165) is 82.0 Å². The molecule has 1 aromatic heterocycles. The van der Waals surface area contributed by atoms with Crippen molar-refractivity contribution in [2.75, 3.05) is 37.6 Å². The molecule has 0 bridgehead atoms. The first kappa shape index (κ1) is 19.5. The predicted octanol–water partition coefficient (Wildman–Crippen LogP) is 2.57. The summed E-state index contributed by atoms with van der Waals surface area (Å²) in [5.41, 5.74) is 3.61. The molecule has 2 aliphatic heterocycles. The van der Waals surface area contributed by atoms with Crippen LogP contribution in [0.25, 0.3) is 11.4 Å². The van der Waals surface area contributed by atoms with Gasteiger partial charge in [-0.15, -0.1) is 0 Å². The number of rotatable bonds is 5. The normalized spacial score (nSPS) is 21.6. The molecule has 3 aliphatic rings. The van der Waals surface area contributed by atoms with Gasteiger partial charge in [0, 0.05) is 42.4 Å². The molecule has 3 heterocycles. The maximum Gasteiger partial charge on any atom is 0.223 e. The molecule has 1 atom stereocenters. The number of nitrogens with one attached hydrogen (secondary N) is 2. The van der Waals surface area contributed by atoms with Gasteiger partial charge in [0.2, 0.25) is 5.91 Å². The number of hydrogen-bond acceptors (Lipinski definition) is 5. The topological polar surface area (TPSA) is 70.2 Å². The lowest BCUT2D eigenvalue weighted by atomic mass is 9.95. The van der Waals surface area contributed by atoms with Crippen LogP contribution >= 0.6 is 0 Å². The standard InChI is InChI=1S/C24H31N5O/c30-24(26-16-17-9-12-25-15-17)19-10-13-29(14-11-19)23-20-7-4-8-21(20)27-22(28-23)18-5-2-1-3-6-18/h1-3,5-6,17,19,25H,4,7-16H2,(H,26,30)/t17-/m1/s1. The van der Waals surface area contributed by atoms with E-state index in [1.165, 1.54) is 17.7 Å². The van der Waals surface area contributed by atoms with Crippen LogP contribution < -0.4 is 15.5 Å². The third-order valence-electron chi connectivity index (χ3n) is 6.84. The fourth-order valence-electron chi connectivity index (χ4n) is 5.02. The van der Waals surface area contributed by atoms with Crippen LogP contribution in [0.2, 0.25) is 0 Å². The van der Waals surface area contributed by atoms with Crippen molar-refractivity contribution in [3.05, 3.63) is 41.6 Å². The van der Waals surface area contributed by atoms with E-state index in [-0.39, 0.29) is 11.8 Å². The van der Waals surface area contributed by atoms with Crippen LogP contribution in [-0.2, 0) is 17.6 Å². The largest absolute Gasteiger partial charge is 0.356 e. The summed E-state index contributed by atoms with van der Waals surface area (Å²) in [6, 6.07) is 10.3. The minimum absolute atomic E-state index is 0.124. The molecule has 0 radical (unpaired) electrons. The summed E-state index contributed by atoms with van der Waals surface area (Å²) in [5.74, 6) is 2.89. The molecule has 1 aliphatic carbocycles. The summed E-state index contributed by atoms with van der Waals surface area (Å²) in [4.78, 5) is 24.9. The molecule has 6 nitrogen and oxygen atoms in total. The van der Waals surface area contributed by atoms with Gasteiger partial charge in [0.15, 0.2) is 5.82 Å². The minimum atomic E-state index is 0.124. The Kier molecular flexibility index (Phi) is 5.67. The first-order valence-corrected chi connectivity index (χ1v) is 11.5. The van der Waals surface area contributed by atoms with Crippen molar-refractivity contribution in [1.82, 2.24) is 20.6 Å². The smallest absolute Gasteiger partial charge is 0.223 e. The molecule has 2 aromatic rings. The minimum Gasteiger partial charge on any atom is -0.356 e. The second-order valence-corrected chi connectivity index (χ2v) is 8.88. The fourth-order valence-corrected chi connectivity index (χ4v) is 5.02. The van der Waals surface area contributed by atoms with Crippen molar-refractivity contribution in [1.29, 1.82) is 0 Å². The van der Waals surface area contributed by atoms with Gasteiger partial charge in [-0.25, -0.2) is 9.97 Å². The lowest BCUT2D eigenvalue weighted by Gasteiger charge is -2.33. The highest BCUT2D eigenvalue weighted by Gasteiger charge is 2.29. The first-order valence-electron chi connectivity index (χ1n) is 11.5. The molecule has 1 aromatic carbocycles. The predicted molar refractivity (Wildman–Crippen MR) is 118 cm³/mol. The van der Waals surface area contributed by atoms with Gasteiger partial charge in [0.25, 0.3) is 0 Å². The Hall–Kier alpha value is -2.47. The van der Waals surface area contributed by atoms with Gasteiger partial charge in [-0.1, -0.05) is 30.3 Å². The quantitative estimate of drug-likeness (QED) is 0.800. The molecular formula is C24H31N5O. The Morgan fingerprint density at radius 1 is 1.10 bits per heavy atom. The van der Waals surface area contributed by atoms with Crippen LogP contribution in [0, 0.1) is 11.8 Å². The highest BCUT2D eigenvalue weighted by atomic mass is 16.1. The number of anilines is 1. The Labute approximate surface area is 178 Å². The monoisotopic (exact) mass is 405 g/mol. The maximum absolute atomic E-state index is 12.6. The van der Waals surface area contributed by atoms with Crippen molar-refractivity contribution >= 4 is 11.7 Å². The number of aromatic nitrogens is 2. The number of nitrogens with zero attached hydrogens (tertiary/aromatic N) is 3. The number of fused-ring (bicyclic) bond motifs is 1. The SMILES string of the molecule is O=C(NC[C@@H]1CCNC1)C1CCN(c2nc(-c3ccccc3)nc3c2CCC3)CC1. The van der Waals surface area contributed by atoms with Crippen molar-refractivity contribution in [2.45, 2.75) is 38.5 Å². The molecule has 158 valence electrons. The van der Waals surface area contributed by atoms with Crippen LogP contribution in [0.15, 0.2) is 30.3 Å². The van der Waals surface area contributed by atoms with Crippen LogP contribution in [0.4, 0.5) is 5.82 Å². The number of hydrogen-bond donors (Lipinski definition) is 2. The molecule has 2 saturated heterocycles. The van der Waals surface area contributed by atoms with Crippen LogP contribution in [0.3, 0.4) is 0 Å². The third kappa shape index (κ3) is 4.06. The molecule has 0 saturated carbocycles. The molecule has 2 N–H and O–H groups in total. The van der Waals surface area contributed by atoms with Gasteiger partial charge in [0.1, 0.15) is 5.82 Å². The van der Waals surface area contributed by atoms with Crippen molar-refractivity contribution in [3.8, 4) is 11.4 Å². The summed E-state index contributed by atoms with van der Waals surface area (Å²) in [6.07, 6.45) is 6.23. The van der Waals surface area contributed by atoms with Gasteiger partial charge in [-0.2, -0.15) is 0 Å². The van der Waals surface area contributed by atoms with E-state index in [9.17, 15) is 4.79 Å². The van der Waals surface area contributed by atoms with Crippen LogP contribution in [0.5, 0.6) is 0 Å². The van der Waals surface area contributed by atoms with Gasteiger partial charge >= 0.3 is 0 Å². The number of carbonyl (C=O) groups is 1. The second-order valence-electron chi connectivity index (χ2n) is 8.88. The first-order chi connectivity index (χ1) is 14.8. The summed E-state index contributed by atoms with van der Waals surface area (Å²) in [6.45, 7) is 4.70. The Morgan fingerprint density at radius 3 is 2.70 bits per heavy atom. The summed E-state index contributed by atoms with van der Waals surface area (Å²) in [5, 5.41) is 6.56. The number of carbonyl (C=O) groups excluding carboxylic acids is 1. The van der Waals surface area contributed by atoms with Gasteiger partial charge in [-0.05, 0) is 57.5 Å². The van der Waals surface area contributed by atoms with E-state index < -0.39 is 0 Å². The van der Waals surface area contributed by atoms with Gasteiger partial charge in [0.05, 0.1) is 0 Å². The number of piperidine rings is 1. The highest BCUT2D eigenvalue weighted by Crippen LogP contribution is 2.33. The molecule has 30 heavy (non-hydrogen) atoms. The number of aryl methyl sites for hydroxylation is 1. The van der Waals surface area contributed by atoms with Crippen molar-refractivity contribution in [2.24, 2.45) is 11.8 Å². The molecule has 1 amide bonds. The van der Waals surface area contributed by atoms with Crippen molar-refractivity contribution < 1.29 is 4.79 Å². The Balaban J connectivity index is 1.26. The lowest BCUT2D eigenvalue weighted by molar-refractivity contribution is -0.125. The molecule has 0 spiro atoms. The zero-order valence-corrected chi connectivity index (χ0v) is 17.6. The lowest BCUT2D eigenvalue weighted by Crippen LogP contribution is -2.42. The van der Waals surface area contributed by atoms with Gasteiger partial charge in [-0.3, -0.25) is 4.79 Å². The van der Waals surface area contributed by atoms with E-state index in [2.05, 4.69) is 27.7 Å². The van der Waals surface area contributed by atoms with E-state index in [4.69, 9.17) is 9.97 Å². The molecule has 6 heteroatoms. The van der Waals surface area contributed by atoms with Gasteiger partial charge < -0.3 is 15.5 Å². The van der Waals surface area contributed by atoms with E-state index in [1.807, 2.05) is 18.2 Å².